The average molecular weight is 283 g/mol. The summed E-state index contributed by atoms with van der Waals surface area (Å²) < 4.78 is 0.979. The second kappa shape index (κ2) is 5.46. The summed E-state index contributed by atoms with van der Waals surface area (Å²) in [6, 6.07) is 7.67. The zero-order valence-electron chi connectivity index (χ0n) is 9.00. The van der Waals surface area contributed by atoms with E-state index in [1.807, 2.05) is 24.3 Å². The summed E-state index contributed by atoms with van der Waals surface area (Å²) >= 11 is 3.38. The van der Waals surface area contributed by atoms with Crippen LogP contribution in [0.1, 0.15) is 12.8 Å². The molecule has 0 spiro atoms. The molecule has 1 heterocycles. The third-order valence-corrected chi connectivity index (χ3v) is 3.25. The maximum atomic E-state index is 11.9. The van der Waals surface area contributed by atoms with Crippen molar-refractivity contribution in [2.75, 3.05) is 18.4 Å². The molecule has 0 radical (unpaired) electrons. The minimum absolute atomic E-state index is 0.104. The van der Waals surface area contributed by atoms with Crippen molar-refractivity contribution in [1.82, 2.24) is 5.32 Å². The Morgan fingerprint density at radius 2 is 2.38 bits per heavy atom. The number of rotatable bonds is 2. The monoisotopic (exact) mass is 282 g/mol. The molecule has 2 rings (SSSR count). The van der Waals surface area contributed by atoms with Gasteiger partial charge in [-0.15, -0.1) is 0 Å². The topological polar surface area (TPSA) is 41.1 Å². The number of hydrogen-bond donors (Lipinski definition) is 2. The number of piperidine rings is 1. The first-order valence-electron chi connectivity index (χ1n) is 5.53. The van der Waals surface area contributed by atoms with Gasteiger partial charge in [0.15, 0.2) is 0 Å². The first kappa shape index (κ1) is 11.6. The first-order chi connectivity index (χ1) is 7.75. The number of nitrogens with one attached hydrogen (secondary N) is 2. The van der Waals surface area contributed by atoms with Crippen molar-refractivity contribution in [2.24, 2.45) is 5.92 Å². The molecule has 1 saturated heterocycles. The number of carbonyl (C=O) groups is 1. The van der Waals surface area contributed by atoms with Gasteiger partial charge in [-0.05, 0) is 37.6 Å². The summed E-state index contributed by atoms with van der Waals surface area (Å²) in [5, 5.41) is 6.19. The quantitative estimate of drug-likeness (QED) is 0.875. The van der Waals surface area contributed by atoms with Crippen LogP contribution >= 0.6 is 15.9 Å². The summed E-state index contributed by atoms with van der Waals surface area (Å²) in [7, 11) is 0. The fraction of sp³-hybridized carbons (Fsp3) is 0.417. The van der Waals surface area contributed by atoms with Gasteiger partial charge in [0, 0.05) is 16.7 Å². The molecular formula is C12H15BrN2O. The minimum Gasteiger partial charge on any atom is -0.326 e. The lowest BCUT2D eigenvalue weighted by Crippen LogP contribution is -2.37. The third kappa shape index (κ3) is 3.06. The molecule has 86 valence electrons. The molecule has 1 aliphatic heterocycles. The van der Waals surface area contributed by atoms with E-state index in [0.717, 1.165) is 36.1 Å². The van der Waals surface area contributed by atoms with Crippen LogP contribution in [0, 0.1) is 5.92 Å². The highest BCUT2D eigenvalue weighted by Gasteiger charge is 2.20. The van der Waals surface area contributed by atoms with E-state index in [1.54, 1.807) is 0 Å². The van der Waals surface area contributed by atoms with Crippen molar-refractivity contribution in [3.05, 3.63) is 28.7 Å². The molecule has 0 aromatic heterocycles. The van der Waals surface area contributed by atoms with Gasteiger partial charge in [0.2, 0.25) is 5.91 Å². The van der Waals surface area contributed by atoms with Crippen LogP contribution < -0.4 is 10.6 Å². The molecule has 0 bridgehead atoms. The van der Waals surface area contributed by atoms with E-state index in [-0.39, 0.29) is 11.8 Å². The Hall–Kier alpha value is -0.870. The zero-order chi connectivity index (χ0) is 11.4. The van der Waals surface area contributed by atoms with Crippen molar-refractivity contribution >= 4 is 27.5 Å². The van der Waals surface area contributed by atoms with Crippen LogP contribution in [-0.4, -0.2) is 19.0 Å². The SMILES string of the molecule is O=C(Nc1cccc(Br)c1)[C@H]1CCCNC1. The minimum atomic E-state index is 0.104. The fourth-order valence-electron chi connectivity index (χ4n) is 1.89. The fourth-order valence-corrected chi connectivity index (χ4v) is 2.29. The molecule has 1 aromatic rings. The molecule has 0 saturated carbocycles. The van der Waals surface area contributed by atoms with Gasteiger partial charge in [0.05, 0.1) is 5.92 Å². The Morgan fingerprint density at radius 3 is 3.06 bits per heavy atom. The maximum Gasteiger partial charge on any atom is 0.228 e. The molecule has 0 unspecified atom stereocenters. The van der Waals surface area contributed by atoms with E-state index in [2.05, 4.69) is 26.6 Å². The van der Waals surface area contributed by atoms with Crippen molar-refractivity contribution < 1.29 is 4.79 Å². The van der Waals surface area contributed by atoms with Gasteiger partial charge >= 0.3 is 0 Å². The molecule has 1 aromatic carbocycles. The summed E-state index contributed by atoms with van der Waals surface area (Å²) in [6.07, 6.45) is 2.06. The zero-order valence-corrected chi connectivity index (χ0v) is 10.6. The van der Waals surface area contributed by atoms with E-state index < -0.39 is 0 Å². The van der Waals surface area contributed by atoms with Crippen LogP contribution in [0.25, 0.3) is 0 Å². The molecule has 2 N–H and O–H groups in total. The van der Waals surface area contributed by atoms with E-state index in [9.17, 15) is 4.79 Å². The molecule has 0 aliphatic carbocycles. The lowest BCUT2D eigenvalue weighted by atomic mass is 9.99. The Labute approximate surface area is 104 Å². The van der Waals surface area contributed by atoms with Gasteiger partial charge < -0.3 is 10.6 Å². The highest BCUT2D eigenvalue weighted by atomic mass is 79.9. The van der Waals surface area contributed by atoms with Crippen molar-refractivity contribution in [3.8, 4) is 0 Å². The predicted molar refractivity (Wildman–Crippen MR) is 68.4 cm³/mol. The van der Waals surface area contributed by atoms with Crippen molar-refractivity contribution in [2.45, 2.75) is 12.8 Å². The molecular weight excluding hydrogens is 268 g/mol. The normalized spacial score (nSPS) is 20.4. The largest absolute Gasteiger partial charge is 0.326 e. The Balaban J connectivity index is 1.96. The van der Waals surface area contributed by atoms with Crippen molar-refractivity contribution in [1.29, 1.82) is 0 Å². The highest BCUT2D eigenvalue weighted by Crippen LogP contribution is 2.18. The van der Waals surface area contributed by atoms with Crippen LogP contribution in [0.5, 0.6) is 0 Å². The van der Waals surface area contributed by atoms with Gasteiger partial charge in [-0.1, -0.05) is 22.0 Å². The van der Waals surface area contributed by atoms with Gasteiger partial charge in [-0.3, -0.25) is 4.79 Å². The first-order valence-corrected chi connectivity index (χ1v) is 6.32. The Bertz CT molecular complexity index is 375. The lowest BCUT2D eigenvalue weighted by molar-refractivity contribution is -0.120. The predicted octanol–water partition coefficient (Wildman–Crippen LogP) is 2.39. The van der Waals surface area contributed by atoms with Gasteiger partial charge in [-0.25, -0.2) is 0 Å². The average Bonchev–Trinajstić information content (AvgIpc) is 2.30. The number of carbonyl (C=O) groups excluding carboxylic acids is 1. The summed E-state index contributed by atoms with van der Waals surface area (Å²) in [5.74, 6) is 0.220. The number of hydrogen-bond acceptors (Lipinski definition) is 2. The van der Waals surface area contributed by atoms with Gasteiger partial charge in [0.25, 0.3) is 0 Å². The van der Waals surface area contributed by atoms with E-state index in [4.69, 9.17) is 0 Å². The molecule has 1 aliphatic rings. The molecule has 1 fully saturated rings. The van der Waals surface area contributed by atoms with Crippen LogP contribution in [0.2, 0.25) is 0 Å². The van der Waals surface area contributed by atoms with Crippen LogP contribution in [-0.2, 0) is 4.79 Å². The van der Waals surface area contributed by atoms with Crippen LogP contribution in [0.15, 0.2) is 28.7 Å². The second-order valence-corrected chi connectivity index (χ2v) is 4.96. The lowest BCUT2D eigenvalue weighted by Gasteiger charge is -2.21. The van der Waals surface area contributed by atoms with E-state index in [0.29, 0.717) is 0 Å². The van der Waals surface area contributed by atoms with Gasteiger partial charge in [0.1, 0.15) is 0 Å². The maximum absolute atomic E-state index is 11.9. The number of halogens is 1. The summed E-state index contributed by atoms with van der Waals surface area (Å²) in [4.78, 5) is 11.9. The smallest absolute Gasteiger partial charge is 0.228 e. The van der Waals surface area contributed by atoms with E-state index in [1.165, 1.54) is 0 Å². The molecule has 4 heteroatoms. The number of benzene rings is 1. The molecule has 16 heavy (non-hydrogen) atoms. The number of anilines is 1. The molecule has 1 atom stereocenters. The van der Waals surface area contributed by atoms with E-state index >= 15 is 0 Å². The van der Waals surface area contributed by atoms with Crippen LogP contribution in [0.4, 0.5) is 5.69 Å². The second-order valence-electron chi connectivity index (χ2n) is 4.04. The molecule has 1 amide bonds. The third-order valence-electron chi connectivity index (χ3n) is 2.76. The highest BCUT2D eigenvalue weighted by molar-refractivity contribution is 9.10. The number of amides is 1. The molecule has 3 nitrogen and oxygen atoms in total. The Kier molecular flexibility index (Phi) is 3.96. The summed E-state index contributed by atoms with van der Waals surface area (Å²) in [6.45, 7) is 1.82. The summed E-state index contributed by atoms with van der Waals surface area (Å²) in [5.41, 5.74) is 0.852. The van der Waals surface area contributed by atoms with Crippen LogP contribution in [0.3, 0.4) is 0 Å². The Morgan fingerprint density at radius 1 is 1.50 bits per heavy atom. The van der Waals surface area contributed by atoms with Crippen molar-refractivity contribution in [3.63, 3.8) is 0 Å². The van der Waals surface area contributed by atoms with Gasteiger partial charge in [-0.2, -0.15) is 0 Å². The standard InChI is InChI=1S/C12H15BrN2O/c13-10-4-1-5-11(7-10)15-12(16)9-3-2-6-14-8-9/h1,4-5,7,9,14H,2-3,6,8H2,(H,15,16)/t9-/m0/s1.